The molecular formula is C14H9ClN2O4. The van der Waals surface area contributed by atoms with E-state index in [1.54, 1.807) is 0 Å². The molecular weight excluding hydrogens is 296 g/mol. The summed E-state index contributed by atoms with van der Waals surface area (Å²) < 4.78 is 1.10. The number of hydrogen-bond acceptors (Lipinski definition) is 5. The fourth-order valence-corrected chi connectivity index (χ4v) is 2.34. The van der Waals surface area contributed by atoms with Crippen molar-refractivity contribution in [2.75, 3.05) is 0 Å². The fourth-order valence-electron chi connectivity index (χ4n) is 2.08. The van der Waals surface area contributed by atoms with Crippen molar-refractivity contribution >= 4 is 22.5 Å². The number of hydrogen-bond donors (Lipinski definition) is 3. The third-order valence-electron chi connectivity index (χ3n) is 3.00. The lowest BCUT2D eigenvalue weighted by Gasteiger charge is -2.10. The maximum Gasteiger partial charge on any atom is 0.270 e. The number of phenolic OH excluding ortho intramolecular Hbond substituents is 3. The van der Waals surface area contributed by atoms with Crippen LogP contribution in [-0.2, 0) is 0 Å². The Morgan fingerprint density at radius 3 is 2.33 bits per heavy atom. The average Bonchev–Trinajstić information content (AvgIpc) is 2.39. The number of halogens is 1. The molecule has 3 N–H and O–H groups in total. The first-order chi connectivity index (χ1) is 9.97. The van der Waals surface area contributed by atoms with Crippen molar-refractivity contribution in [3.8, 4) is 22.9 Å². The summed E-state index contributed by atoms with van der Waals surface area (Å²) in [5.74, 6) is -0.554. The zero-order valence-corrected chi connectivity index (χ0v) is 11.2. The number of aromatic hydroxyl groups is 3. The van der Waals surface area contributed by atoms with E-state index < -0.39 is 5.56 Å². The number of benzene rings is 2. The summed E-state index contributed by atoms with van der Waals surface area (Å²) in [7, 11) is 0. The van der Waals surface area contributed by atoms with Crippen LogP contribution in [0.25, 0.3) is 16.6 Å². The fraction of sp³-hybridized carbons (Fsp3) is 0. The van der Waals surface area contributed by atoms with Crippen LogP contribution in [0.3, 0.4) is 0 Å². The van der Waals surface area contributed by atoms with Crippen LogP contribution in [-0.4, -0.2) is 24.9 Å². The molecule has 7 heteroatoms. The summed E-state index contributed by atoms with van der Waals surface area (Å²) in [6.45, 7) is 0. The summed E-state index contributed by atoms with van der Waals surface area (Å²) >= 11 is 6.01. The number of fused-ring (bicyclic) bond motifs is 1. The van der Waals surface area contributed by atoms with Gasteiger partial charge in [-0.3, -0.25) is 9.36 Å². The number of phenols is 3. The predicted octanol–water partition coefficient (Wildman–Crippen LogP) is 2.16. The van der Waals surface area contributed by atoms with Gasteiger partial charge in [0.25, 0.3) is 5.56 Å². The topological polar surface area (TPSA) is 95.6 Å². The Hall–Kier alpha value is -2.73. The van der Waals surface area contributed by atoms with Gasteiger partial charge in [-0.05, 0) is 35.9 Å². The molecule has 0 spiro atoms. The monoisotopic (exact) mass is 304 g/mol. The maximum atomic E-state index is 12.5. The second-order valence-corrected chi connectivity index (χ2v) is 4.73. The summed E-state index contributed by atoms with van der Waals surface area (Å²) in [4.78, 5) is 16.5. The second kappa shape index (κ2) is 4.68. The Balaban J connectivity index is 2.39. The van der Waals surface area contributed by atoms with Gasteiger partial charge in [0.05, 0.1) is 11.2 Å². The Bertz CT molecular complexity index is 903. The minimum Gasteiger partial charge on any atom is -0.508 e. The van der Waals surface area contributed by atoms with Gasteiger partial charge in [0.2, 0.25) is 5.28 Å². The molecule has 0 amide bonds. The van der Waals surface area contributed by atoms with Crippen molar-refractivity contribution in [2.24, 2.45) is 0 Å². The van der Waals surface area contributed by atoms with E-state index >= 15 is 0 Å². The minimum atomic E-state index is -0.576. The molecule has 0 atom stereocenters. The highest BCUT2D eigenvalue weighted by molar-refractivity contribution is 6.29. The van der Waals surface area contributed by atoms with E-state index in [1.807, 2.05) is 0 Å². The largest absolute Gasteiger partial charge is 0.508 e. The zero-order valence-electron chi connectivity index (χ0n) is 10.5. The standard InChI is InChI=1S/C14H9ClN2O4/c15-14-16-10-5-9(19)6-11(20)12(10)13(21)17(14)7-1-3-8(18)4-2-7/h1-6,18-20H. The molecule has 1 aromatic heterocycles. The van der Waals surface area contributed by atoms with Crippen LogP contribution in [0, 0.1) is 0 Å². The van der Waals surface area contributed by atoms with Crippen molar-refractivity contribution in [3.05, 3.63) is 52.0 Å². The summed E-state index contributed by atoms with van der Waals surface area (Å²) in [5.41, 5.74) is -0.0876. The minimum absolute atomic E-state index is 0.0458. The molecule has 2 aromatic carbocycles. The number of rotatable bonds is 1. The summed E-state index contributed by atoms with van der Waals surface area (Å²) in [5, 5.41) is 28.4. The molecule has 0 fully saturated rings. The van der Waals surface area contributed by atoms with Gasteiger partial charge in [0, 0.05) is 12.1 Å². The van der Waals surface area contributed by atoms with Crippen LogP contribution >= 0.6 is 11.6 Å². The van der Waals surface area contributed by atoms with E-state index in [0.29, 0.717) is 5.69 Å². The lowest BCUT2D eigenvalue weighted by Crippen LogP contribution is -2.20. The Kier molecular flexibility index (Phi) is 2.95. The van der Waals surface area contributed by atoms with Crippen molar-refractivity contribution in [1.29, 1.82) is 0 Å². The molecule has 0 aliphatic carbocycles. The number of aromatic nitrogens is 2. The zero-order chi connectivity index (χ0) is 15.1. The SMILES string of the molecule is O=c1c2c(O)cc(O)cc2nc(Cl)n1-c1ccc(O)cc1. The van der Waals surface area contributed by atoms with Crippen molar-refractivity contribution in [3.63, 3.8) is 0 Å². The Labute approximate surface area is 123 Å². The third-order valence-corrected chi connectivity index (χ3v) is 3.26. The van der Waals surface area contributed by atoms with Crippen LogP contribution in [0.5, 0.6) is 17.2 Å². The Morgan fingerprint density at radius 1 is 1.00 bits per heavy atom. The molecule has 0 unspecified atom stereocenters. The van der Waals surface area contributed by atoms with Crippen LogP contribution in [0.4, 0.5) is 0 Å². The highest BCUT2D eigenvalue weighted by atomic mass is 35.5. The summed E-state index contributed by atoms with van der Waals surface area (Å²) in [6, 6.07) is 8.09. The normalized spacial score (nSPS) is 10.9. The lowest BCUT2D eigenvalue weighted by molar-refractivity contribution is 0.454. The first-order valence-corrected chi connectivity index (χ1v) is 6.29. The van der Waals surface area contributed by atoms with Crippen LogP contribution in [0.2, 0.25) is 5.28 Å². The third kappa shape index (κ3) is 2.15. The van der Waals surface area contributed by atoms with Crippen molar-refractivity contribution in [2.45, 2.75) is 0 Å². The van der Waals surface area contributed by atoms with Crippen LogP contribution < -0.4 is 5.56 Å². The van der Waals surface area contributed by atoms with E-state index in [9.17, 15) is 20.1 Å². The van der Waals surface area contributed by atoms with Gasteiger partial charge in [-0.1, -0.05) is 0 Å². The highest BCUT2D eigenvalue weighted by Crippen LogP contribution is 2.27. The highest BCUT2D eigenvalue weighted by Gasteiger charge is 2.15. The second-order valence-electron chi connectivity index (χ2n) is 4.40. The van der Waals surface area contributed by atoms with Crippen molar-refractivity contribution < 1.29 is 15.3 Å². The molecule has 0 bridgehead atoms. The summed E-state index contributed by atoms with van der Waals surface area (Å²) in [6.07, 6.45) is 0. The van der Waals surface area contributed by atoms with Crippen LogP contribution in [0.15, 0.2) is 41.2 Å². The van der Waals surface area contributed by atoms with Gasteiger partial charge >= 0.3 is 0 Å². The molecule has 0 aliphatic rings. The van der Waals surface area contributed by atoms with E-state index in [-0.39, 0.29) is 33.4 Å². The van der Waals surface area contributed by atoms with Gasteiger partial charge in [-0.2, -0.15) is 0 Å². The molecule has 1 heterocycles. The van der Waals surface area contributed by atoms with Gasteiger partial charge in [0.1, 0.15) is 22.6 Å². The lowest BCUT2D eigenvalue weighted by atomic mass is 10.2. The smallest absolute Gasteiger partial charge is 0.270 e. The molecule has 106 valence electrons. The van der Waals surface area contributed by atoms with Gasteiger partial charge in [-0.15, -0.1) is 0 Å². The molecule has 0 aliphatic heterocycles. The van der Waals surface area contributed by atoms with E-state index in [0.717, 1.165) is 10.6 Å². The molecule has 3 aromatic rings. The maximum absolute atomic E-state index is 12.5. The molecule has 0 saturated carbocycles. The van der Waals surface area contributed by atoms with E-state index in [4.69, 9.17) is 11.6 Å². The van der Waals surface area contributed by atoms with E-state index in [2.05, 4.69) is 4.98 Å². The van der Waals surface area contributed by atoms with Gasteiger partial charge in [-0.25, -0.2) is 4.98 Å². The predicted molar refractivity (Wildman–Crippen MR) is 77.3 cm³/mol. The first kappa shape index (κ1) is 13.3. The van der Waals surface area contributed by atoms with Crippen molar-refractivity contribution in [1.82, 2.24) is 9.55 Å². The molecule has 0 radical (unpaired) electrons. The molecule has 6 nitrogen and oxygen atoms in total. The van der Waals surface area contributed by atoms with Gasteiger partial charge in [0.15, 0.2) is 0 Å². The number of nitrogens with zero attached hydrogens (tertiary/aromatic N) is 2. The molecule has 21 heavy (non-hydrogen) atoms. The quantitative estimate of drug-likeness (QED) is 0.599. The van der Waals surface area contributed by atoms with Crippen LogP contribution in [0.1, 0.15) is 0 Å². The van der Waals surface area contributed by atoms with Gasteiger partial charge < -0.3 is 15.3 Å². The average molecular weight is 305 g/mol. The molecule has 0 saturated heterocycles. The Morgan fingerprint density at radius 2 is 1.67 bits per heavy atom. The first-order valence-electron chi connectivity index (χ1n) is 5.91. The van der Waals surface area contributed by atoms with E-state index in [1.165, 1.54) is 30.3 Å². The molecule has 3 rings (SSSR count).